The van der Waals surface area contributed by atoms with Crippen molar-refractivity contribution in [1.29, 1.82) is 0 Å². The molecule has 0 rings (SSSR count). The minimum absolute atomic E-state index is 0.833. The van der Waals surface area contributed by atoms with Crippen molar-refractivity contribution >= 4 is 8.07 Å². The van der Waals surface area contributed by atoms with Gasteiger partial charge in [0.25, 0.3) is 0 Å². The SMILES string of the molecule is C=C(C)NOC[Si](C)(C)C. The second-order valence-electron chi connectivity index (χ2n) is 3.73. The van der Waals surface area contributed by atoms with E-state index in [4.69, 9.17) is 4.84 Å². The molecule has 0 radical (unpaired) electrons. The Hall–Kier alpha value is -0.283. The van der Waals surface area contributed by atoms with E-state index in [9.17, 15) is 0 Å². The number of nitrogens with one attached hydrogen (secondary N) is 1. The Kier molecular flexibility index (Phi) is 3.67. The second-order valence-corrected chi connectivity index (χ2v) is 9.14. The smallest absolute Gasteiger partial charge is 0.0780 e. The highest BCUT2D eigenvalue weighted by Crippen LogP contribution is 1.99. The highest BCUT2D eigenvalue weighted by Gasteiger charge is 2.12. The molecule has 2 nitrogen and oxygen atoms in total. The lowest BCUT2D eigenvalue weighted by atomic mass is 10.6. The predicted molar refractivity (Wildman–Crippen MR) is 47.2 cm³/mol. The van der Waals surface area contributed by atoms with Crippen molar-refractivity contribution in [3.63, 3.8) is 0 Å². The summed E-state index contributed by atoms with van der Waals surface area (Å²) in [6.07, 6.45) is 0.833. The summed E-state index contributed by atoms with van der Waals surface area (Å²) in [6.45, 7) is 12.3. The van der Waals surface area contributed by atoms with Crippen LogP contribution < -0.4 is 5.48 Å². The summed E-state index contributed by atoms with van der Waals surface area (Å²) >= 11 is 0. The van der Waals surface area contributed by atoms with Gasteiger partial charge in [0.2, 0.25) is 0 Å². The number of rotatable bonds is 4. The van der Waals surface area contributed by atoms with Gasteiger partial charge >= 0.3 is 0 Å². The van der Waals surface area contributed by atoms with E-state index < -0.39 is 8.07 Å². The molecule has 0 aliphatic heterocycles. The van der Waals surface area contributed by atoms with Crippen LogP contribution in [0.25, 0.3) is 0 Å². The maximum atomic E-state index is 5.17. The summed E-state index contributed by atoms with van der Waals surface area (Å²) in [6, 6.07) is 0. The van der Waals surface area contributed by atoms with Crippen molar-refractivity contribution < 1.29 is 4.84 Å². The molecule has 3 heteroatoms. The van der Waals surface area contributed by atoms with Crippen LogP contribution in [0.4, 0.5) is 0 Å². The molecule has 0 saturated heterocycles. The normalized spacial score (nSPS) is 11.2. The van der Waals surface area contributed by atoms with Crippen LogP contribution in [0.5, 0.6) is 0 Å². The Bertz CT molecular complexity index is 117. The van der Waals surface area contributed by atoms with Gasteiger partial charge in [0.05, 0.1) is 14.3 Å². The molecule has 0 aliphatic carbocycles. The molecule has 60 valence electrons. The number of hydrogen-bond acceptors (Lipinski definition) is 2. The van der Waals surface area contributed by atoms with Crippen molar-refractivity contribution in [3.8, 4) is 0 Å². The first-order chi connectivity index (χ1) is 4.42. The van der Waals surface area contributed by atoms with Crippen molar-refractivity contribution in [2.45, 2.75) is 26.6 Å². The van der Waals surface area contributed by atoms with Crippen LogP contribution in [0.2, 0.25) is 19.6 Å². The third kappa shape index (κ3) is 7.72. The Morgan fingerprint density at radius 3 is 2.30 bits per heavy atom. The van der Waals surface area contributed by atoms with E-state index >= 15 is 0 Å². The van der Waals surface area contributed by atoms with Crippen LogP contribution >= 0.6 is 0 Å². The van der Waals surface area contributed by atoms with Gasteiger partial charge in [-0.25, -0.2) is 0 Å². The molecule has 0 atom stereocenters. The van der Waals surface area contributed by atoms with Crippen LogP contribution in [-0.2, 0) is 4.84 Å². The van der Waals surface area contributed by atoms with Crippen molar-refractivity contribution in [1.82, 2.24) is 5.48 Å². The highest BCUT2D eigenvalue weighted by molar-refractivity contribution is 6.76. The van der Waals surface area contributed by atoms with Crippen LogP contribution in [0.3, 0.4) is 0 Å². The summed E-state index contributed by atoms with van der Waals surface area (Å²) in [5, 5.41) is 0. The zero-order valence-corrected chi connectivity index (χ0v) is 8.32. The average molecular weight is 159 g/mol. The minimum atomic E-state index is -1.05. The number of hydroxylamine groups is 1. The Balaban J connectivity index is 3.29. The first-order valence-corrected chi connectivity index (χ1v) is 7.16. The van der Waals surface area contributed by atoms with E-state index in [1.165, 1.54) is 0 Å². The average Bonchev–Trinajstić information content (AvgIpc) is 1.59. The summed E-state index contributed by atoms with van der Waals surface area (Å²) in [5.74, 6) is 0. The zero-order valence-electron chi connectivity index (χ0n) is 7.32. The first-order valence-electron chi connectivity index (χ1n) is 3.45. The number of hydrogen-bond donors (Lipinski definition) is 1. The molecule has 0 heterocycles. The van der Waals surface area contributed by atoms with E-state index in [1.807, 2.05) is 6.92 Å². The molecule has 0 saturated carbocycles. The Morgan fingerprint density at radius 2 is 2.00 bits per heavy atom. The Morgan fingerprint density at radius 1 is 1.50 bits per heavy atom. The molecule has 0 bridgehead atoms. The summed E-state index contributed by atoms with van der Waals surface area (Å²) in [5.41, 5.74) is 3.60. The van der Waals surface area contributed by atoms with Gasteiger partial charge in [-0.15, -0.1) is 0 Å². The van der Waals surface area contributed by atoms with Gasteiger partial charge in [0.1, 0.15) is 0 Å². The maximum absolute atomic E-state index is 5.17. The lowest BCUT2D eigenvalue weighted by Gasteiger charge is -2.15. The Labute approximate surface area is 64.2 Å². The summed E-state index contributed by atoms with van der Waals surface area (Å²) in [7, 11) is -1.05. The lowest BCUT2D eigenvalue weighted by Crippen LogP contribution is -2.31. The molecule has 10 heavy (non-hydrogen) atoms. The zero-order chi connectivity index (χ0) is 8.20. The van der Waals surface area contributed by atoms with Crippen molar-refractivity contribution in [3.05, 3.63) is 12.3 Å². The van der Waals surface area contributed by atoms with E-state index in [2.05, 4.69) is 31.7 Å². The maximum Gasteiger partial charge on any atom is 0.0780 e. The molecular weight excluding hydrogens is 142 g/mol. The van der Waals surface area contributed by atoms with Gasteiger partial charge in [0.15, 0.2) is 0 Å². The minimum Gasteiger partial charge on any atom is -0.280 e. The standard InChI is InChI=1S/C7H17NOSi/c1-7(2)8-9-6-10(3,4)5/h8H,1,6H2,2-5H3. The van der Waals surface area contributed by atoms with E-state index in [0.29, 0.717) is 0 Å². The first kappa shape index (κ1) is 9.72. The topological polar surface area (TPSA) is 21.3 Å². The fourth-order valence-corrected chi connectivity index (χ4v) is 0.881. The van der Waals surface area contributed by atoms with Gasteiger partial charge in [0, 0.05) is 5.70 Å². The number of allylic oxidation sites excluding steroid dienone is 1. The van der Waals surface area contributed by atoms with Gasteiger partial charge in [-0.1, -0.05) is 26.2 Å². The molecule has 0 aliphatic rings. The third-order valence-electron chi connectivity index (χ3n) is 0.752. The van der Waals surface area contributed by atoms with Gasteiger partial charge in [-0.05, 0) is 6.92 Å². The molecule has 0 amide bonds. The van der Waals surface area contributed by atoms with Crippen LogP contribution in [-0.4, -0.2) is 14.3 Å². The lowest BCUT2D eigenvalue weighted by molar-refractivity contribution is 0.0960. The molecule has 0 aromatic rings. The molecule has 0 aromatic carbocycles. The molecular formula is C7H17NOSi. The van der Waals surface area contributed by atoms with Gasteiger partial charge in [-0.2, -0.15) is 0 Å². The van der Waals surface area contributed by atoms with Crippen molar-refractivity contribution in [2.24, 2.45) is 0 Å². The summed E-state index contributed by atoms with van der Waals surface area (Å²) in [4.78, 5) is 5.17. The van der Waals surface area contributed by atoms with E-state index in [0.717, 1.165) is 11.9 Å². The van der Waals surface area contributed by atoms with Gasteiger partial charge in [-0.3, -0.25) is 10.3 Å². The molecule has 0 spiro atoms. The van der Waals surface area contributed by atoms with Crippen molar-refractivity contribution in [2.75, 3.05) is 6.23 Å². The van der Waals surface area contributed by atoms with Crippen LogP contribution in [0.15, 0.2) is 12.3 Å². The fraction of sp³-hybridized carbons (Fsp3) is 0.714. The quantitative estimate of drug-likeness (QED) is 0.500. The second kappa shape index (κ2) is 3.78. The highest BCUT2D eigenvalue weighted by atomic mass is 28.3. The fourth-order valence-electron chi connectivity index (χ4n) is 0.376. The van der Waals surface area contributed by atoms with E-state index in [1.54, 1.807) is 0 Å². The largest absolute Gasteiger partial charge is 0.280 e. The molecule has 0 unspecified atom stereocenters. The monoisotopic (exact) mass is 159 g/mol. The van der Waals surface area contributed by atoms with Crippen LogP contribution in [0, 0.1) is 0 Å². The van der Waals surface area contributed by atoms with Gasteiger partial charge < -0.3 is 0 Å². The molecule has 0 aromatic heterocycles. The van der Waals surface area contributed by atoms with E-state index in [-0.39, 0.29) is 0 Å². The van der Waals surface area contributed by atoms with Crippen LogP contribution in [0.1, 0.15) is 6.92 Å². The summed E-state index contributed by atoms with van der Waals surface area (Å²) < 4.78 is 0. The third-order valence-corrected chi connectivity index (χ3v) is 1.76. The molecule has 0 fully saturated rings. The predicted octanol–water partition coefficient (Wildman–Crippen LogP) is 1.92. The molecule has 1 N–H and O–H groups in total.